The summed E-state index contributed by atoms with van der Waals surface area (Å²) in [6.45, 7) is 9.35. The predicted octanol–water partition coefficient (Wildman–Crippen LogP) is 2.40. The molecular weight excluding hydrogens is 469 g/mol. The molecule has 0 radical (unpaired) electrons. The van der Waals surface area contributed by atoms with Crippen molar-refractivity contribution >= 4 is 35.8 Å². The van der Waals surface area contributed by atoms with E-state index in [-0.39, 0.29) is 42.0 Å². The monoisotopic (exact) mass is 499 g/mol. The standard InChI is InChI=1S/C19H29N7O.HI/c1-6-20-18(26(5)12-16(27)24-19(2,3)4)21-11-14-8-7-9-15(10-14)17-22-13-23-25-17;/h7-10,13H,6,11-12H2,1-5H3,(H,20,21)(H,24,27)(H,22,23,25);1H. The van der Waals surface area contributed by atoms with Crippen LogP contribution in [0.4, 0.5) is 0 Å². The van der Waals surface area contributed by atoms with E-state index in [1.54, 1.807) is 0 Å². The largest absolute Gasteiger partial charge is 0.357 e. The van der Waals surface area contributed by atoms with Crippen molar-refractivity contribution in [3.8, 4) is 11.4 Å². The highest BCUT2D eigenvalue weighted by Crippen LogP contribution is 2.16. The molecule has 8 nitrogen and oxygen atoms in total. The molecule has 9 heteroatoms. The summed E-state index contributed by atoms with van der Waals surface area (Å²) in [5.41, 5.74) is 1.75. The summed E-state index contributed by atoms with van der Waals surface area (Å²) in [5, 5.41) is 12.9. The Hall–Kier alpha value is -2.17. The third kappa shape index (κ3) is 7.83. The zero-order valence-corrected chi connectivity index (χ0v) is 19.4. The highest BCUT2D eigenvalue weighted by Gasteiger charge is 2.16. The molecule has 0 aliphatic heterocycles. The normalized spacial score (nSPS) is 11.5. The van der Waals surface area contributed by atoms with Crippen molar-refractivity contribution in [1.82, 2.24) is 30.7 Å². The number of H-pyrrole nitrogens is 1. The lowest BCUT2D eigenvalue weighted by atomic mass is 10.1. The van der Waals surface area contributed by atoms with E-state index in [0.717, 1.165) is 23.5 Å². The third-order valence-corrected chi connectivity index (χ3v) is 3.62. The average molecular weight is 499 g/mol. The molecule has 1 aromatic heterocycles. The Morgan fingerprint density at radius 1 is 1.32 bits per heavy atom. The number of halogens is 1. The minimum Gasteiger partial charge on any atom is -0.357 e. The van der Waals surface area contributed by atoms with Gasteiger partial charge in [-0.2, -0.15) is 5.10 Å². The molecule has 1 amide bonds. The van der Waals surface area contributed by atoms with Crippen molar-refractivity contribution in [2.24, 2.45) is 4.99 Å². The molecule has 2 rings (SSSR count). The molecule has 28 heavy (non-hydrogen) atoms. The summed E-state index contributed by atoms with van der Waals surface area (Å²) in [5.74, 6) is 1.37. The Kier molecular flexibility index (Phi) is 9.36. The van der Waals surface area contributed by atoms with Crippen molar-refractivity contribution in [2.75, 3.05) is 20.1 Å². The van der Waals surface area contributed by atoms with Crippen LogP contribution in [0.5, 0.6) is 0 Å². The molecule has 0 bridgehead atoms. The fraction of sp³-hybridized carbons (Fsp3) is 0.474. The lowest BCUT2D eigenvalue weighted by molar-refractivity contribution is -0.122. The smallest absolute Gasteiger partial charge is 0.240 e. The van der Waals surface area contributed by atoms with Gasteiger partial charge in [0, 0.05) is 24.7 Å². The lowest BCUT2D eigenvalue weighted by Crippen LogP contribution is -2.48. The van der Waals surface area contributed by atoms with Crippen molar-refractivity contribution in [2.45, 2.75) is 39.8 Å². The number of nitrogens with zero attached hydrogens (tertiary/aromatic N) is 4. The van der Waals surface area contributed by atoms with Crippen molar-refractivity contribution in [3.63, 3.8) is 0 Å². The second-order valence-corrected chi connectivity index (χ2v) is 7.36. The van der Waals surface area contributed by atoms with E-state index in [2.05, 4.69) is 30.8 Å². The van der Waals surface area contributed by atoms with E-state index in [4.69, 9.17) is 0 Å². The van der Waals surface area contributed by atoms with E-state index in [9.17, 15) is 4.79 Å². The van der Waals surface area contributed by atoms with Crippen molar-refractivity contribution in [1.29, 1.82) is 0 Å². The van der Waals surface area contributed by atoms with Crippen molar-refractivity contribution < 1.29 is 4.79 Å². The van der Waals surface area contributed by atoms with Crippen molar-refractivity contribution in [3.05, 3.63) is 36.2 Å². The molecule has 2 aromatic rings. The van der Waals surface area contributed by atoms with Gasteiger partial charge in [0.1, 0.15) is 6.33 Å². The van der Waals surface area contributed by atoms with Gasteiger partial charge in [0.2, 0.25) is 5.91 Å². The predicted molar refractivity (Wildman–Crippen MR) is 123 cm³/mol. The van der Waals surface area contributed by atoms with Gasteiger partial charge in [0.05, 0.1) is 13.1 Å². The maximum Gasteiger partial charge on any atom is 0.240 e. The van der Waals surface area contributed by atoms with E-state index >= 15 is 0 Å². The van der Waals surface area contributed by atoms with Gasteiger partial charge < -0.3 is 15.5 Å². The van der Waals surface area contributed by atoms with Crippen LogP contribution in [-0.2, 0) is 11.3 Å². The zero-order valence-electron chi connectivity index (χ0n) is 17.1. The fourth-order valence-corrected chi connectivity index (χ4v) is 2.55. The summed E-state index contributed by atoms with van der Waals surface area (Å²) >= 11 is 0. The number of carbonyl (C=O) groups excluding carboxylic acids is 1. The number of aromatic nitrogens is 3. The Bertz CT molecular complexity index is 769. The number of aliphatic imine (C=N–C) groups is 1. The van der Waals surface area contributed by atoms with Crippen LogP contribution in [-0.4, -0.2) is 57.6 Å². The Morgan fingerprint density at radius 3 is 2.68 bits per heavy atom. The summed E-state index contributed by atoms with van der Waals surface area (Å²) in [6.07, 6.45) is 1.49. The van der Waals surface area contributed by atoms with Gasteiger partial charge in [-0.25, -0.2) is 9.98 Å². The average Bonchev–Trinajstić information content (AvgIpc) is 3.11. The van der Waals surface area contributed by atoms with E-state index < -0.39 is 0 Å². The third-order valence-electron chi connectivity index (χ3n) is 3.62. The van der Waals surface area contributed by atoms with E-state index in [1.165, 1.54) is 6.33 Å². The van der Waals surface area contributed by atoms with E-state index in [0.29, 0.717) is 12.5 Å². The number of benzene rings is 1. The quantitative estimate of drug-likeness (QED) is 0.322. The summed E-state index contributed by atoms with van der Waals surface area (Å²) in [4.78, 5) is 22.8. The Balaban J connectivity index is 0.00000392. The molecule has 154 valence electrons. The van der Waals surface area contributed by atoms with Gasteiger partial charge >= 0.3 is 0 Å². The van der Waals surface area contributed by atoms with Gasteiger partial charge in [-0.3, -0.25) is 9.89 Å². The number of rotatable bonds is 6. The van der Waals surface area contributed by atoms with Crippen LogP contribution >= 0.6 is 24.0 Å². The number of guanidine groups is 1. The topological polar surface area (TPSA) is 98.3 Å². The summed E-state index contributed by atoms with van der Waals surface area (Å²) < 4.78 is 0. The highest BCUT2D eigenvalue weighted by molar-refractivity contribution is 14.0. The number of likely N-dealkylation sites (N-methyl/N-ethyl adjacent to an activating group) is 1. The number of hydrogen-bond donors (Lipinski definition) is 3. The molecule has 0 atom stereocenters. The Morgan fingerprint density at radius 2 is 2.07 bits per heavy atom. The highest BCUT2D eigenvalue weighted by atomic mass is 127. The maximum atomic E-state index is 12.2. The molecule has 0 fully saturated rings. The number of amides is 1. The van der Waals surface area contributed by atoms with E-state index in [1.807, 2.05) is 63.9 Å². The first-order chi connectivity index (χ1) is 12.8. The van der Waals surface area contributed by atoms with Crippen LogP contribution in [0.15, 0.2) is 35.6 Å². The second-order valence-electron chi connectivity index (χ2n) is 7.36. The molecule has 0 aliphatic carbocycles. The number of hydrogen-bond acceptors (Lipinski definition) is 4. The van der Waals surface area contributed by atoms with Gasteiger partial charge in [-0.1, -0.05) is 18.2 Å². The minimum atomic E-state index is -0.255. The van der Waals surface area contributed by atoms with Gasteiger partial charge in [0.25, 0.3) is 0 Å². The molecule has 0 saturated carbocycles. The van der Waals surface area contributed by atoms with Crippen LogP contribution in [0.25, 0.3) is 11.4 Å². The van der Waals surface area contributed by atoms with Gasteiger partial charge in [-0.15, -0.1) is 24.0 Å². The van der Waals surface area contributed by atoms with Crippen LogP contribution in [0.1, 0.15) is 33.3 Å². The fourth-order valence-electron chi connectivity index (χ4n) is 2.55. The van der Waals surface area contributed by atoms with Crippen LogP contribution in [0.2, 0.25) is 0 Å². The summed E-state index contributed by atoms with van der Waals surface area (Å²) in [7, 11) is 1.86. The van der Waals surface area contributed by atoms with Crippen LogP contribution in [0.3, 0.4) is 0 Å². The van der Waals surface area contributed by atoms with Crippen LogP contribution < -0.4 is 10.6 Å². The molecule has 0 aliphatic rings. The minimum absolute atomic E-state index is 0. The first-order valence-electron chi connectivity index (χ1n) is 9.03. The first kappa shape index (κ1) is 23.9. The number of nitrogens with one attached hydrogen (secondary N) is 3. The zero-order chi connectivity index (χ0) is 19.9. The molecule has 0 saturated heterocycles. The lowest BCUT2D eigenvalue weighted by Gasteiger charge is -2.25. The second kappa shape index (κ2) is 11.0. The molecular formula is C19H30IN7O. The molecule has 0 spiro atoms. The number of carbonyl (C=O) groups is 1. The maximum absolute atomic E-state index is 12.2. The SMILES string of the molecule is CCNC(=NCc1cccc(-c2ncn[nH]2)c1)N(C)CC(=O)NC(C)(C)C.I. The van der Waals surface area contributed by atoms with Gasteiger partial charge in [0.15, 0.2) is 11.8 Å². The summed E-state index contributed by atoms with van der Waals surface area (Å²) in [6, 6.07) is 7.98. The van der Waals surface area contributed by atoms with Gasteiger partial charge in [-0.05, 0) is 39.3 Å². The molecule has 3 N–H and O–H groups in total. The molecule has 0 unspecified atom stereocenters. The number of aromatic amines is 1. The first-order valence-corrected chi connectivity index (χ1v) is 9.03. The van der Waals surface area contributed by atoms with Crippen LogP contribution in [0, 0.1) is 0 Å². The molecule has 1 heterocycles. The molecule has 1 aromatic carbocycles. The Labute approximate surface area is 183 Å².